The van der Waals surface area contributed by atoms with Gasteiger partial charge in [-0.2, -0.15) is 0 Å². The number of esters is 2. The highest BCUT2D eigenvalue weighted by Gasteiger charge is 2.43. The van der Waals surface area contributed by atoms with Gasteiger partial charge in [0.1, 0.15) is 17.8 Å². The lowest BCUT2D eigenvalue weighted by Crippen LogP contribution is -2.41. The normalized spacial score (nSPS) is 32.4. The van der Waals surface area contributed by atoms with Crippen LogP contribution in [-0.4, -0.2) is 30.9 Å². The van der Waals surface area contributed by atoms with E-state index in [2.05, 4.69) is 4.74 Å². The minimum Gasteiger partial charge on any atom is -0.468 e. The average Bonchev–Trinajstić information content (AvgIpc) is 2.74. The summed E-state index contributed by atoms with van der Waals surface area (Å²) in [5.41, 5.74) is 0. The van der Waals surface area contributed by atoms with E-state index in [1.54, 1.807) is 6.08 Å². The molecular formula is C12H14O5. The van der Waals surface area contributed by atoms with Gasteiger partial charge in [-0.05, 0) is 18.9 Å². The minimum atomic E-state index is -0.797. The van der Waals surface area contributed by atoms with Gasteiger partial charge in [-0.15, -0.1) is 0 Å². The fourth-order valence-electron chi connectivity index (χ4n) is 2.48. The lowest BCUT2D eigenvalue weighted by molar-refractivity contribution is -0.158. The summed E-state index contributed by atoms with van der Waals surface area (Å²) in [6.45, 7) is 0. The second-order valence-corrected chi connectivity index (χ2v) is 4.28. The Morgan fingerprint density at radius 1 is 1.47 bits per heavy atom. The van der Waals surface area contributed by atoms with Gasteiger partial charge in [0.25, 0.3) is 0 Å². The maximum atomic E-state index is 11.8. The van der Waals surface area contributed by atoms with Crippen LogP contribution in [0, 0.1) is 11.8 Å². The lowest BCUT2D eigenvalue weighted by atomic mass is 9.75. The van der Waals surface area contributed by atoms with E-state index < -0.39 is 24.0 Å². The van der Waals surface area contributed by atoms with Crippen LogP contribution in [0.5, 0.6) is 0 Å². The van der Waals surface area contributed by atoms with E-state index in [4.69, 9.17) is 4.74 Å². The first-order chi connectivity index (χ1) is 8.13. The molecule has 0 spiro atoms. The van der Waals surface area contributed by atoms with E-state index in [1.807, 2.05) is 0 Å². The number of carbonyl (C=O) groups is 3. The van der Waals surface area contributed by atoms with Crippen molar-refractivity contribution in [3.63, 3.8) is 0 Å². The molecule has 0 saturated heterocycles. The third-order valence-electron chi connectivity index (χ3n) is 3.29. The van der Waals surface area contributed by atoms with E-state index in [0.717, 1.165) is 6.42 Å². The summed E-state index contributed by atoms with van der Waals surface area (Å²) in [7, 11) is 1.26. The van der Waals surface area contributed by atoms with Crippen LogP contribution in [0.15, 0.2) is 12.2 Å². The molecule has 0 aromatic carbocycles. The standard InChI is InChI=1S/C12H14O5/c1-16-12(15)11-7(3-2-4-8(11)13)9-5-6-10(14)17-9/h5-7,9,11H,2-4H2,1H3/t7-,9-,11?/m1/s1. The maximum Gasteiger partial charge on any atom is 0.331 e. The molecule has 0 bridgehead atoms. The highest BCUT2D eigenvalue weighted by atomic mass is 16.5. The molecule has 0 N–H and O–H groups in total. The van der Waals surface area contributed by atoms with Crippen molar-refractivity contribution in [3.05, 3.63) is 12.2 Å². The molecule has 2 rings (SSSR count). The van der Waals surface area contributed by atoms with E-state index in [1.165, 1.54) is 13.2 Å². The largest absolute Gasteiger partial charge is 0.468 e. The molecule has 3 atom stereocenters. The van der Waals surface area contributed by atoms with Gasteiger partial charge in [0.05, 0.1) is 7.11 Å². The molecule has 0 aromatic heterocycles. The molecular weight excluding hydrogens is 224 g/mol. The van der Waals surface area contributed by atoms with Gasteiger partial charge in [0.15, 0.2) is 0 Å². The molecule has 17 heavy (non-hydrogen) atoms. The highest BCUT2D eigenvalue weighted by molar-refractivity contribution is 6.00. The highest BCUT2D eigenvalue weighted by Crippen LogP contribution is 2.34. The summed E-state index contributed by atoms with van der Waals surface area (Å²) >= 11 is 0. The first-order valence-electron chi connectivity index (χ1n) is 5.63. The molecule has 5 heteroatoms. The fraction of sp³-hybridized carbons (Fsp3) is 0.583. The van der Waals surface area contributed by atoms with Crippen molar-refractivity contribution >= 4 is 17.7 Å². The Labute approximate surface area is 98.8 Å². The maximum absolute atomic E-state index is 11.8. The number of rotatable bonds is 2. The van der Waals surface area contributed by atoms with Crippen LogP contribution in [0.4, 0.5) is 0 Å². The van der Waals surface area contributed by atoms with E-state index in [0.29, 0.717) is 12.8 Å². The first-order valence-corrected chi connectivity index (χ1v) is 5.63. The van der Waals surface area contributed by atoms with Gasteiger partial charge >= 0.3 is 11.9 Å². The van der Waals surface area contributed by atoms with Gasteiger partial charge in [-0.1, -0.05) is 0 Å². The first kappa shape index (κ1) is 11.8. The molecule has 1 fully saturated rings. The summed E-state index contributed by atoms with van der Waals surface area (Å²) in [6.07, 6.45) is 4.27. The average molecular weight is 238 g/mol. The number of cyclic esters (lactones) is 1. The quantitative estimate of drug-likeness (QED) is 0.521. The summed E-state index contributed by atoms with van der Waals surface area (Å²) in [5.74, 6) is -2.15. The number of ether oxygens (including phenoxy) is 2. The Morgan fingerprint density at radius 3 is 2.82 bits per heavy atom. The van der Waals surface area contributed by atoms with Crippen LogP contribution in [0.3, 0.4) is 0 Å². The van der Waals surface area contributed by atoms with Crippen molar-refractivity contribution in [2.45, 2.75) is 25.4 Å². The summed E-state index contributed by atoms with van der Waals surface area (Å²) in [6, 6.07) is 0. The lowest BCUT2D eigenvalue weighted by Gasteiger charge is -2.31. The Balaban J connectivity index is 2.18. The van der Waals surface area contributed by atoms with E-state index in [-0.39, 0.29) is 11.7 Å². The minimum absolute atomic E-state index is 0.121. The number of carbonyl (C=O) groups excluding carboxylic acids is 3. The van der Waals surface area contributed by atoms with Crippen molar-refractivity contribution in [2.24, 2.45) is 11.8 Å². The Bertz CT molecular complexity index is 376. The molecule has 5 nitrogen and oxygen atoms in total. The molecule has 92 valence electrons. The number of hydrogen-bond acceptors (Lipinski definition) is 5. The van der Waals surface area contributed by atoms with Crippen molar-refractivity contribution < 1.29 is 23.9 Å². The molecule has 0 aromatic rings. The zero-order valence-electron chi connectivity index (χ0n) is 9.55. The zero-order chi connectivity index (χ0) is 12.4. The Kier molecular flexibility index (Phi) is 3.26. The monoisotopic (exact) mass is 238 g/mol. The third kappa shape index (κ3) is 2.23. The zero-order valence-corrected chi connectivity index (χ0v) is 9.55. The SMILES string of the molecule is COC(=O)C1C(=O)CCC[C@@H]1[C@H]1C=CC(=O)O1. The third-order valence-corrected chi connectivity index (χ3v) is 3.29. The summed E-state index contributed by atoms with van der Waals surface area (Å²) in [4.78, 5) is 34.4. The summed E-state index contributed by atoms with van der Waals surface area (Å²) in [5, 5.41) is 0. The molecule has 1 unspecified atom stereocenters. The van der Waals surface area contributed by atoms with E-state index >= 15 is 0 Å². The van der Waals surface area contributed by atoms with Crippen molar-refractivity contribution in [3.8, 4) is 0 Å². The fourth-order valence-corrected chi connectivity index (χ4v) is 2.48. The molecule has 1 aliphatic carbocycles. The predicted octanol–water partition coefficient (Wildman–Crippen LogP) is 0.626. The Hall–Kier alpha value is -1.65. The van der Waals surface area contributed by atoms with Crippen molar-refractivity contribution in [1.29, 1.82) is 0 Å². The van der Waals surface area contributed by atoms with E-state index in [9.17, 15) is 14.4 Å². The number of Topliss-reactive ketones (excluding diaryl/α,β-unsaturated/α-hetero) is 1. The molecule has 0 amide bonds. The van der Waals surface area contributed by atoms with Crippen molar-refractivity contribution in [1.82, 2.24) is 0 Å². The second kappa shape index (κ2) is 4.69. The van der Waals surface area contributed by atoms with Gasteiger partial charge in [0.2, 0.25) is 0 Å². The Morgan fingerprint density at radius 2 is 2.24 bits per heavy atom. The van der Waals surface area contributed by atoms with Crippen LogP contribution in [-0.2, 0) is 23.9 Å². The van der Waals surface area contributed by atoms with Crippen LogP contribution in [0.2, 0.25) is 0 Å². The molecule has 1 heterocycles. The van der Waals surface area contributed by atoms with Crippen LogP contribution < -0.4 is 0 Å². The summed E-state index contributed by atoms with van der Waals surface area (Å²) < 4.78 is 9.72. The van der Waals surface area contributed by atoms with Crippen LogP contribution in [0.25, 0.3) is 0 Å². The predicted molar refractivity (Wildman–Crippen MR) is 56.9 cm³/mol. The van der Waals surface area contributed by atoms with Gasteiger partial charge in [0, 0.05) is 18.4 Å². The molecule has 2 aliphatic rings. The number of hydrogen-bond donors (Lipinski definition) is 0. The number of ketones is 1. The topological polar surface area (TPSA) is 69.7 Å². The second-order valence-electron chi connectivity index (χ2n) is 4.28. The van der Waals surface area contributed by atoms with Crippen molar-refractivity contribution in [2.75, 3.05) is 7.11 Å². The number of methoxy groups -OCH3 is 1. The van der Waals surface area contributed by atoms with Crippen LogP contribution >= 0.6 is 0 Å². The molecule has 0 radical (unpaired) electrons. The van der Waals surface area contributed by atoms with Gasteiger partial charge < -0.3 is 9.47 Å². The van der Waals surface area contributed by atoms with Crippen LogP contribution in [0.1, 0.15) is 19.3 Å². The van der Waals surface area contributed by atoms with Gasteiger partial charge in [-0.25, -0.2) is 4.79 Å². The molecule has 1 saturated carbocycles. The smallest absolute Gasteiger partial charge is 0.331 e. The molecule has 1 aliphatic heterocycles. The van der Waals surface area contributed by atoms with Gasteiger partial charge in [-0.3, -0.25) is 9.59 Å².